The summed E-state index contributed by atoms with van der Waals surface area (Å²) in [6.45, 7) is 5.52. The van der Waals surface area contributed by atoms with Crippen LogP contribution in [-0.4, -0.2) is 19.9 Å². The Morgan fingerprint density at radius 1 is 1.67 bits per heavy atom. The minimum absolute atomic E-state index is 0.0204. The molecule has 82 valence electrons. The van der Waals surface area contributed by atoms with E-state index in [0.29, 0.717) is 0 Å². The number of hydrogen-bond donors (Lipinski definition) is 1. The van der Waals surface area contributed by atoms with Crippen molar-refractivity contribution in [1.29, 1.82) is 0 Å². The third kappa shape index (κ3) is 3.30. The lowest BCUT2D eigenvalue weighted by atomic mass is 10.4. The number of nitrogens with one attached hydrogen (secondary N) is 1. The molecule has 6 heteroatoms. The fraction of sp³-hybridized carbons (Fsp3) is 0.222. The first-order valence-electron chi connectivity index (χ1n) is 4.17. The number of pyridine rings is 1. The summed E-state index contributed by atoms with van der Waals surface area (Å²) in [4.78, 5) is 3.69. The summed E-state index contributed by atoms with van der Waals surface area (Å²) >= 11 is 5.74. The van der Waals surface area contributed by atoms with E-state index in [4.69, 9.17) is 11.6 Å². The van der Waals surface area contributed by atoms with Crippen molar-refractivity contribution in [2.24, 2.45) is 0 Å². The average molecular weight is 247 g/mol. The van der Waals surface area contributed by atoms with Gasteiger partial charge in [0.25, 0.3) is 0 Å². The van der Waals surface area contributed by atoms with Gasteiger partial charge in [-0.15, -0.1) is 0 Å². The SMILES string of the molecule is C=C(C)CNS(=O)(=O)c1cnccc1Cl. The van der Waals surface area contributed by atoms with E-state index in [1.165, 1.54) is 18.5 Å². The highest BCUT2D eigenvalue weighted by atomic mass is 35.5. The van der Waals surface area contributed by atoms with Crippen molar-refractivity contribution in [2.75, 3.05) is 6.54 Å². The zero-order valence-corrected chi connectivity index (χ0v) is 9.77. The van der Waals surface area contributed by atoms with Gasteiger partial charge in [-0.1, -0.05) is 23.8 Å². The van der Waals surface area contributed by atoms with E-state index in [2.05, 4.69) is 16.3 Å². The summed E-state index contributed by atoms with van der Waals surface area (Å²) in [5.74, 6) is 0. The van der Waals surface area contributed by atoms with Gasteiger partial charge in [-0.25, -0.2) is 13.1 Å². The standard InChI is InChI=1S/C9H11ClN2O2S/c1-7(2)5-12-15(13,14)9-6-11-4-3-8(9)10/h3-4,6,12H,1,5H2,2H3. The molecule has 0 atom stereocenters. The van der Waals surface area contributed by atoms with Crippen LogP contribution >= 0.6 is 11.6 Å². The minimum atomic E-state index is -3.59. The third-order valence-corrected chi connectivity index (χ3v) is 3.46. The van der Waals surface area contributed by atoms with Crippen molar-refractivity contribution in [3.63, 3.8) is 0 Å². The largest absolute Gasteiger partial charge is 0.263 e. The highest BCUT2D eigenvalue weighted by molar-refractivity contribution is 7.89. The van der Waals surface area contributed by atoms with Gasteiger partial charge in [-0.3, -0.25) is 4.98 Å². The average Bonchev–Trinajstić information content (AvgIpc) is 2.15. The Hall–Kier alpha value is -0.910. The van der Waals surface area contributed by atoms with Crippen LogP contribution in [0.2, 0.25) is 5.02 Å². The summed E-state index contributed by atoms with van der Waals surface area (Å²) in [7, 11) is -3.59. The molecular formula is C9H11ClN2O2S. The van der Waals surface area contributed by atoms with Gasteiger partial charge in [0.15, 0.2) is 0 Å². The minimum Gasteiger partial charge on any atom is -0.263 e. The lowest BCUT2D eigenvalue weighted by Gasteiger charge is -2.06. The Kier molecular flexibility index (Phi) is 3.84. The zero-order chi connectivity index (χ0) is 11.5. The van der Waals surface area contributed by atoms with Gasteiger partial charge in [0.1, 0.15) is 4.90 Å². The number of sulfonamides is 1. The monoisotopic (exact) mass is 246 g/mol. The van der Waals surface area contributed by atoms with Crippen LogP contribution in [-0.2, 0) is 10.0 Å². The van der Waals surface area contributed by atoms with Gasteiger partial charge in [0.05, 0.1) is 5.02 Å². The summed E-state index contributed by atoms with van der Waals surface area (Å²) in [5.41, 5.74) is 0.721. The van der Waals surface area contributed by atoms with E-state index in [-0.39, 0.29) is 16.5 Å². The first-order chi connectivity index (χ1) is 6.93. The summed E-state index contributed by atoms with van der Waals surface area (Å²) in [6.07, 6.45) is 2.64. The molecule has 1 aromatic rings. The van der Waals surface area contributed by atoms with Gasteiger partial charge in [0.2, 0.25) is 10.0 Å². The molecular weight excluding hydrogens is 236 g/mol. The molecule has 0 aliphatic carbocycles. The van der Waals surface area contributed by atoms with Gasteiger partial charge < -0.3 is 0 Å². The van der Waals surface area contributed by atoms with Crippen molar-refractivity contribution in [3.05, 3.63) is 35.6 Å². The fourth-order valence-corrected chi connectivity index (χ4v) is 2.38. The lowest BCUT2D eigenvalue weighted by molar-refractivity contribution is 0.584. The molecule has 0 radical (unpaired) electrons. The zero-order valence-electron chi connectivity index (χ0n) is 8.20. The van der Waals surface area contributed by atoms with Crippen molar-refractivity contribution in [2.45, 2.75) is 11.8 Å². The Balaban J connectivity index is 2.97. The Labute approximate surface area is 94.0 Å². The van der Waals surface area contributed by atoms with E-state index in [1.807, 2.05) is 0 Å². The molecule has 0 fully saturated rings. The predicted molar refractivity (Wildman–Crippen MR) is 59.2 cm³/mol. The summed E-state index contributed by atoms with van der Waals surface area (Å²) < 4.78 is 25.7. The van der Waals surface area contributed by atoms with Crippen LogP contribution < -0.4 is 4.72 Å². The second-order valence-electron chi connectivity index (χ2n) is 3.09. The first-order valence-corrected chi connectivity index (χ1v) is 6.03. The molecule has 0 aliphatic rings. The molecule has 0 bridgehead atoms. The number of rotatable bonds is 4. The second-order valence-corrected chi connectivity index (χ2v) is 5.23. The van der Waals surface area contributed by atoms with E-state index >= 15 is 0 Å². The normalized spacial score (nSPS) is 11.3. The van der Waals surface area contributed by atoms with Gasteiger partial charge in [-0.2, -0.15) is 0 Å². The molecule has 1 rings (SSSR count). The topological polar surface area (TPSA) is 59.1 Å². The molecule has 4 nitrogen and oxygen atoms in total. The fourth-order valence-electron chi connectivity index (χ4n) is 0.857. The molecule has 0 spiro atoms. The van der Waals surface area contributed by atoms with Crippen molar-refractivity contribution in [1.82, 2.24) is 9.71 Å². The van der Waals surface area contributed by atoms with E-state index < -0.39 is 10.0 Å². The maximum absolute atomic E-state index is 11.7. The molecule has 0 unspecified atom stereocenters. The quantitative estimate of drug-likeness (QED) is 0.821. The van der Waals surface area contributed by atoms with Gasteiger partial charge in [-0.05, 0) is 13.0 Å². The number of hydrogen-bond acceptors (Lipinski definition) is 3. The van der Waals surface area contributed by atoms with E-state index in [9.17, 15) is 8.42 Å². The van der Waals surface area contributed by atoms with Crippen LogP contribution in [0, 0.1) is 0 Å². The van der Waals surface area contributed by atoms with Gasteiger partial charge in [0, 0.05) is 18.9 Å². The Bertz CT molecular complexity index is 471. The highest BCUT2D eigenvalue weighted by Crippen LogP contribution is 2.18. The summed E-state index contributed by atoms with van der Waals surface area (Å²) in [5, 5.41) is 0.152. The highest BCUT2D eigenvalue weighted by Gasteiger charge is 2.16. The molecule has 1 aromatic heterocycles. The van der Waals surface area contributed by atoms with Crippen LogP contribution in [0.1, 0.15) is 6.92 Å². The molecule has 0 aliphatic heterocycles. The van der Waals surface area contributed by atoms with Crippen LogP contribution in [0.4, 0.5) is 0 Å². The van der Waals surface area contributed by atoms with Crippen molar-refractivity contribution in [3.8, 4) is 0 Å². The maximum Gasteiger partial charge on any atom is 0.243 e. The molecule has 15 heavy (non-hydrogen) atoms. The Morgan fingerprint density at radius 3 is 2.87 bits per heavy atom. The van der Waals surface area contributed by atoms with Crippen LogP contribution in [0.25, 0.3) is 0 Å². The van der Waals surface area contributed by atoms with Crippen LogP contribution in [0.15, 0.2) is 35.5 Å². The summed E-state index contributed by atoms with van der Waals surface area (Å²) in [6, 6.07) is 1.43. The van der Waals surface area contributed by atoms with Crippen LogP contribution in [0.3, 0.4) is 0 Å². The predicted octanol–water partition coefficient (Wildman–Crippen LogP) is 1.59. The lowest BCUT2D eigenvalue weighted by Crippen LogP contribution is -2.25. The molecule has 0 aromatic carbocycles. The van der Waals surface area contributed by atoms with E-state index in [1.54, 1.807) is 6.92 Å². The van der Waals surface area contributed by atoms with E-state index in [0.717, 1.165) is 5.57 Å². The molecule has 1 heterocycles. The van der Waals surface area contributed by atoms with Gasteiger partial charge >= 0.3 is 0 Å². The number of nitrogens with zero attached hydrogens (tertiary/aromatic N) is 1. The Morgan fingerprint density at radius 2 is 2.33 bits per heavy atom. The number of halogens is 1. The van der Waals surface area contributed by atoms with Crippen molar-refractivity contribution < 1.29 is 8.42 Å². The number of aromatic nitrogens is 1. The van der Waals surface area contributed by atoms with Crippen LogP contribution in [0.5, 0.6) is 0 Å². The third-order valence-electron chi connectivity index (χ3n) is 1.59. The smallest absolute Gasteiger partial charge is 0.243 e. The second kappa shape index (κ2) is 4.74. The first kappa shape index (κ1) is 12.2. The maximum atomic E-state index is 11.7. The van der Waals surface area contributed by atoms with Crippen molar-refractivity contribution >= 4 is 21.6 Å². The molecule has 1 N–H and O–H groups in total. The molecule has 0 saturated carbocycles. The molecule has 0 saturated heterocycles. The molecule has 0 amide bonds.